The van der Waals surface area contributed by atoms with E-state index in [2.05, 4.69) is 5.32 Å². The van der Waals surface area contributed by atoms with Crippen molar-refractivity contribution in [3.63, 3.8) is 0 Å². The summed E-state index contributed by atoms with van der Waals surface area (Å²) in [4.78, 5) is 12.4. The highest BCUT2D eigenvalue weighted by Gasteiger charge is 2.29. The first-order valence-electron chi connectivity index (χ1n) is 8.23. The Morgan fingerprint density at radius 2 is 1.79 bits per heavy atom. The molecule has 7 heteroatoms. The summed E-state index contributed by atoms with van der Waals surface area (Å²) in [5, 5.41) is 2.86. The van der Waals surface area contributed by atoms with Gasteiger partial charge in [-0.1, -0.05) is 13.3 Å². The van der Waals surface area contributed by atoms with Crippen molar-refractivity contribution >= 4 is 21.6 Å². The Kier molecular flexibility index (Phi) is 7.54. The van der Waals surface area contributed by atoms with Crippen LogP contribution in [0.15, 0.2) is 24.3 Å². The molecule has 0 radical (unpaired) electrons. The van der Waals surface area contributed by atoms with Gasteiger partial charge in [0.15, 0.2) is 0 Å². The van der Waals surface area contributed by atoms with Gasteiger partial charge in [-0.3, -0.25) is 9.10 Å². The molecule has 0 fully saturated rings. The summed E-state index contributed by atoms with van der Waals surface area (Å²) < 4.78 is 30.9. The van der Waals surface area contributed by atoms with E-state index in [4.69, 9.17) is 4.74 Å². The average molecular weight is 356 g/mol. The number of nitrogens with one attached hydrogen (secondary N) is 1. The highest BCUT2D eigenvalue weighted by molar-refractivity contribution is 7.92. The fourth-order valence-electron chi connectivity index (χ4n) is 2.53. The summed E-state index contributed by atoms with van der Waals surface area (Å²) >= 11 is 0. The highest BCUT2D eigenvalue weighted by atomic mass is 32.2. The molecule has 1 aromatic rings. The predicted octanol–water partition coefficient (Wildman–Crippen LogP) is 2.54. The van der Waals surface area contributed by atoms with Crippen molar-refractivity contribution in [2.45, 2.75) is 52.6 Å². The fourth-order valence-corrected chi connectivity index (χ4v) is 3.71. The topological polar surface area (TPSA) is 75.7 Å². The van der Waals surface area contributed by atoms with E-state index < -0.39 is 16.1 Å². The number of sulfonamides is 1. The van der Waals surface area contributed by atoms with E-state index in [1.807, 2.05) is 20.8 Å². The van der Waals surface area contributed by atoms with Crippen molar-refractivity contribution in [2.75, 3.05) is 17.2 Å². The first-order valence-corrected chi connectivity index (χ1v) is 10.1. The second-order valence-electron chi connectivity index (χ2n) is 5.86. The number of nitrogens with zero attached hydrogens (tertiary/aromatic N) is 1. The van der Waals surface area contributed by atoms with E-state index >= 15 is 0 Å². The van der Waals surface area contributed by atoms with E-state index in [0.717, 1.165) is 23.4 Å². The molecule has 1 amide bonds. The molecule has 0 unspecified atom stereocenters. The maximum Gasteiger partial charge on any atom is 0.243 e. The number of carbonyl (C=O) groups excluding carboxylic acids is 1. The number of amides is 1. The molecule has 0 aliphatic carbocycles. The molecule has 2 atom stereocenters. The number of benzene rings is 1. The monoisotopic (exact) mass is 356 g/mol. The van der Waals surface area contributed by atoms with Crippen LogP contribution in [-0.4, -0.2) is 39.3 Å². The fraction of sp³-hybridized carbons (Fsp3) is 0.588. The molecule has 0 saturated carbocycles. The molecule has 6 nitrogen and oxygen atoms in total. The van der Waals surface area contributed by atoms with Gasteiger partial charge >= 0.3 is 0 Å². The van der Waals surface area contributed by atoms with E-state index in [9.17, 15) is 13.2 Å². The van der Waals surface area contributed by atoms with Crippen LogP contribution >= 0.6 is 0 Å². The molecule has 0 heterocycles. The van der Waals surface area contributed by atoms with Crippen molar-refractivity contribution in [3.8, 4) is 5.75 Å². The van der Waals surface area contributed by atoms with Gasteiger partial charge in [-0.05, 0) is 51.5 Å². The number of rotatable bonds is 9. The van der Waals surface area contributed by atoms with Gasteiger partial charge < -0.3 is 10.1 Å². The van der Waals surface area contributed by atoms with Crippen molar-refractivity contribution in [3.05, 3.63) is 24.3 Å². The minimum atomic E-state index is -3.60. The van der Waals surface area contributed by atoms with Crippen molar-refractivity contribution in [1.82, 2.24) is 5.32 Å². The van der Waals surface area contributed by atoms with Crippen LogP contribution in [0.5, 0.6) is 5.75 Å². The van der Waals surface area contributed by atoms with Crippen LogP contribution in [0.25, 0.3) is 0 Å². The lowest BCUT2D eigenvalue weighted by atomic mass is 10.2. The number of hydrogen-bond donors (Lipinski definition) is 1. The summed E-state index contributed by atoms with van der Waals surface area (Å²) in [6, 6.07) is 5.85. The summed E-state index contributed by atoms with van der Waals surface area (Å²) in [6.07, 6.45) is 2.90. The zero-order valence-electron chi connectivity index (χ0n) is 15.1. The third-order valence-corrected chi connectivity index (χ3v) is 4.84. The quantitative estimate of drug-likeness (QED) is 0.738. The number of anilines is 1. The molecular weight excluding hydrogens is 328 g/mol. The van der Waals surface area contributed by atoms with Crippen molar-refractivity contribution < 1.29 is 17.9 Å². The van der Waals surface area contributed by atoms with Crippen LogP contribution in [0.2, 0.25) is 0 Å². The Morgan fingerprint density at radius 1 is 1.21 bits per heavy atom. The van der Waals surface area contributed by atoms with E-state index in [0.29, 0.717) is 18.0 Å². The number of ether oxygens (including phenoxy) is 1. The lowest BCUT2D eigenvalue weighted by Gasteiger charge is -2.29. The van der Waals surface area contributed by atoms with Gasteiger partial charge in [0.25, 0.3) is 0 Å². The zero-order chi connectivity index (χ0) is 18.3. The molecule has 0 aromatic heterocycles. The first kappa shape index (κ1) is 20.3. The summed E-state index contributed by atoms with van der Waals surface area (Å²) in [5.74, 6) is 0.346. The zero-order valence-corrected chi connectivity index (χ0v) is 15.9. The molecule has 1 N–H and O–H groups in total. The normalized spacial score (nSPS) is 13.9. The molecule has 0 aliphatic heterocycles. The van der Waals surface area contributed by atoms with Crippen LogP contribution in [0.1, 0.15) is 40.5 Å². The van der Waals surface area contributed by atoms with Gasteiger partial charge in [0, 0.05) is 6.04 Å². The van der Waals surface area contributed by atoms with Crippen LogP contribution in [0.4, 0.5) is 5.69 Å². The molecule has 0 saturated heterocycles. The average Bonchev–Trinajstić information content (AvgIpc) is 2.48. The molecule has 1 rings (SSSR count). The van der Waals surface area contributed by atoms with Crippen LogP contribution < -0.4 is 14.4 Å². The SMILES string of the molecule is CCC[C@@H](C)NC(=O)[C@H](C)N(c1ccc(OCC)cc1)S(C)(=O)=O. The Balaban J connectivity index is 3.02. The number of hydrogen-bond acceptors (Lipinski definition) is 4. The summed E-state index contributed by atoms with van der Waals surface area (Å²) in [6.45, 7) is 7.94. The Hall–Kier alpha value is -1.76. The van der Waals surface area contributed by atoms with Crippen LogP contribution in [-0.2, 0) is 14.8 Å². The summed E-state index contributed by atoms with van der Waals surface area (Å²) in [7, 11) is -3.60. The Morgan fingerprint density at radius 3 is 2.25 bits per heavy atom. The van der Waals surface area contributed by atoms with Gasteiger partial charge in [-0.15, -0.1) is 0 Å². The van der Waals surface area contributed by atoms with E-state index in [1.165, 1.54) is 0 Å². The van der Waals surface area contributed by atoms with Crippen LogP contribution in [0.3, 0.4) is 0 Å². The highest BCUT2D eigenvalue weighted by Crippen LogP contribution is 2.24. The van der Waals surface area contributed by atoms with Crippen LogP contribution in [0, 0.1) is 0 Å². The Labute approximate surface area is 145 Å². The lowest BCUT2D eigenvalue weighted by molar-refractivity contribution is -0.122. The number of carbonyl (C=O) groups is 1. The first-order chi connectivity index (χ1) is 11.2. The maximum atomic E-state index is 12.4. The van der Waals surface area contributed by atoms with E-state index in [-0.39, 0.29) is 11.9 Å². The molecule has 0 bridgehead atoms. The van der Waals surface area contributed by atoms with E-state index in [1.54, 1.807) is 31.2 Å². The molecule has 136 valence electrons. The van der Waals surface area contributed by atoms with Gasteiger partial charge in [-0.2, -0.15) is 0 Å². The standard InChI is InChI=1S/C17H28N2O4S/c1-6-8-13(3)18-17(20)14(4)19(24(5,21)22)15-9-11-16(12-10-15)23-7-2/h9-14H,6-8H2,1-5H3,(H,18,20)/t13-,14+/m1/s1. The molecular formula is C17H28N2O4S. The Bertz CT molecular complexity index is 628. The minimum absolute atomic E-state index is 0.00619. The smallest absolute Gasteiger partial charge is 0.243 e. The van der Waals surface area contributed by atoms with Gasteiger partial charge in [-0.25, -0.2) is 8.42 Å². The predicted molar refractivity (Wildman–Crippen MR) is 96.9 cm³/mol. The molecule has 0 aliphatic rings. The second-order valence-corrected chi connectivity index (χ2v) is 7.72. The molecule has 0 spiro atoms. The van der Waals surface area contributed by atoms with Crippen molar-refractivity contribution in [2.24, 2.45) is 0 Å². The maximum absolute atomic E-state index is 12.4. The minimum Gasteiger partial charge on any atom is -0.494 e. The van der Waals surface area contributed by atoms with Gasteiger partial charge in [0.05, 0.1) is 18.6 Å². The lowest BCUT2D eigenvalue weighted by Crippen LogP contribution is -2.49. The third-order valence-electron chi connectivity index (χ3n) is 3.60. The summed E-state index contributed by atoms with van der Waals surface area (Å²) in [5.41, 5.74) is 0.437. The van der Waals surface area contributed by atoms with Gasteiger partial charge in [0.1, 0.15) is 11.8 Å². The van der Waals surface area contributed by atoms with Gasteiger partial charge in [0.2, 0.25) is 15.9 Å². The molecule has 1 aromatic carbocycles. The molecule has 24 heavy (non-hydrogen) atoms. The third kappa shape index (κ3) is 5.70. The second kappa shape index (κ2) is 8.92. The van der Waals surface area contributed by atoms with Crippen molar-refractivity contribution in [1.29, 1.82) is 0 Å². The largest absolute Gasteiger partial charge is 0.494 e.